The molecule has 2 N–H and O–H groups in total. The quantitative estimate of drug-likeness (QED) is 0.494. The summed E-state index contributed by atoms with van der Waals surface area (Å²) in [5.41, 5.74) is 0.562. The summed E-state index contributed by atoms with van der Waals surface area (Å²) in [7, 11) is 0. The van der Waals surface area contributed by atoms with Crippen molar-refractivity contribution in [2.24, 2.45) is 23.7 Å². The van der Waals surface area contributed by atoms with E-state index in [4.69, 9.17) is 9.47 Å². The Morgan fingerprint density at radius 1 is 1.12 bits per heavy atom. The van der Waals surface area contributed by atoms with Crippen LogP contribution in [0.3, 0.4) is 0 Å². The van der Waals surface area contributed by atoms with Crippen LogP contribution in [0.15, 0.2) is 11.6 Å². The second-order valence-corrected chi connectivity index (χ2v) is 5.93. The summed E-state index contributed by atoms with van der Waals surface area (Å²) < 4.78 is 9.90. The van der Waals surface area contributed by atoms with Gasteiger partial charge in [-0.05, 0) is 33.1 Å². The van der Waals surface area contributed by atoms with E-state index < -0.39 is 47.5 Å². The van der Waals surface area contributed by atoms with Crippen molar-refractivity contribution in [2.45, 2.75) is 33.6 Å². The van der Waals surface area contributed by atoms with Crippen molar-refractivity contribution in [3.63, 3.8) is 0 Å². The van der Waals surface area contributed by atoms with Gasteiger partial charge in [0, 0.05) is 0 Å². The van der Waals surface area contributed by atoms with Crippen LogP contribution in [0.1, 0.15) is 33.6 Å². The molecule has 4 atom stereocenters. The molecule has 0 fully saturated rings. The van der Waals surface area contributed by atoms with Crippen LogP contribution in [0.25, 0.3) is 0 Å². The second kappa shape index (κ2) is 9.19. The number of rotatable bonds is 8. The van der Waals surface area contributed by atoms with Crippen molar-refractivity contribution in [3.05, 3.63) is 11.6 Å². The molecule has 0 saturated carbocycles. The normalized spacial score (nSPS) is 24.0. The third-order valence-electron chi connectivity index (χ3n) is 4.34. The van der Waals surface area contributed by atoms with E-state index in [1.807, 2.05) is 0 Å². The predicted octanol–water partition coefficient (Wildman–Crippen LogP) is 1.49. The van der Waals surface area contributed by atoms with Crippen LogP contribution in [-0.4, -0.2) is 47.3 Å². The Kier molecular flexibility index (Phi) is 7.60. The fourth-order valence-electron chi connectivity index (χ4n) is 3.15. The molecule has 1 rings (SSSR count). The number of hydrogen-bond donors (Lipinski definition) is 2. The lowest BCUT2D eigenvalue weighted by Crippen LogP contribution is -2.39. The Labute approximate surface area is 145 Å². The number of ether oxygens (including phenoxy) is 2. The molecule has 0 amide bonds. The standard InChI is InChI=1S/C17H24O8/c1-4-24-14(18)8-13(17(23)25-5-2)10-7-12(16(21)22)11(15(19)20)6-9(10)3/h6,10-13H,4-5,7-8H2,1-3H3,(H,19,20)(H,21,22). The first-order valence-electron chi connectivity index (χ1n) is 8.19. The Morgan fingerprint density at radius 2 is 1.72 bits per heavy atom. The van der Waals surface area contributed by atoms with Gasteiger partial charge in [-0.1, -0.05) is 11.6 Å². The third kappa shape index (κ3) is 5.30. The molecule has 8 nitrogen and oxygen atoms in total. The lowest BCUT2D eigenvalue weighted by molar-refractivity contribution is -0.158. The van der Waals surface area contributed by atoms with Gasteiger partial charge in [-0.15, -0.1) is 0 Å². The van der Waals surface area contributed by atoms with Gasteiger partial charge < -0.3 is 19.7 Å². The third-order valence-corrected chi connectivity index (χ3v) is 4.34. The summed E-state index contributed by atoms with van der Waals surface area (Å²) in [6.07, 6.45) is 1.05. The predicted molar refractivity (Wildman–Crippen MR) is 85.5 cm³/mol. The summed E-state index contributed by atoms with van der Waals surface area (Å²) in [6, 6.07) is 0. The first-order chi connectivity index (χ1) is 11.7. The number of carbonyl (C=O) groups is 4. The molecule has 0 aromatic carbocycles. The molecule has 0 bridgehead atoms. The molecule has 0 heterocycles. The van der Waals surface area contributed by atoms with Gasteiger partial charge in [0.1, 0.15) is 0 Å². The average Bonchev–Trinajstić information content (AvgIpc) is 2.52. The molecule has 0 aliphatic heterocycles. The van der Waals surface area contributed by atoms with E-state index >= 15 is 0 Å². The highest BCUT2D eigenvalue weighted by Gasteiger charge is 2.43. The van der Waals surface area contributed by atoms with E-state index in [0.29, 0.717) is 5.57 Å². The molecule has 0 aromatic rings. The summed E-state index contributed by atoms with van der Waals surface area (Å²) in [5, 5.41) is 18.6. The zero-order valence-electron chi connectivity index (χ0n) is 14.6. The van der Waals surface area contributed by atoms with Crippen LogP contribution in [-0.2, 0) is 28.7 Å². The van der Waals surface area contributed by atoms with Crippen molar-refractivity contribution in [1.82, 2.24) is 0 Å². The molecule has 1 aliphatic carbocycles. The molecular formula is C17H24O8. The largest absolute Gasteiger partial charge is 0.481 e. The summed E-state index contributed by atoms with van der Waals surface area (Å²) in [5.74, 6) is -7.54. The van der Waals surface area contributed by atoms with E-state index in [9.17, 15) is 29.4 Å². The highest BCUT2D eigenvalue weighted by atomic mass is 16.5. The molecule has 1 aliphatic rings. The average molecular weight is 356 g/mol. The van der Waals surface area contributed by atoms with E-state index in [1.54, 1.807) is 20.8 Å². The minimum absolute atomic E-state index is 0.0580. The van der Waals surface area contributed by atoms with Gasteiger partial charge in [0.05, 0.1) is 37.4 Å². The topological polar surface area (TPSA) is 127 Å². The highest BCUT2D eigenvalue weighted by Crippen LogP contribution is 2.39. The van der Waals surface area contributed by atoms with Gasteiger partial charge in [0.25, 0.3) is 0 Å². The molecule has 140 valence electrons. The Morgan fingerprint density at radius 3 is 2.20 bits per heavy atom. The van der Waals surface area contributed by atoms with Crippen molar-refractivity contribution in [1.29, 1.82) is 0 Å². The number of carbonyl (C=O) groups excluding carboxylic acids is 2. The van der Waals surface area contributed by atoms with Crippen molar-refractivity contribution in [3.8, 4) is 0 Å². The van der Waals surface area contributed by atoms with Crippen molar-refractivity contribution >= 4 is 23.9 Å². The number of carboxylic acid groups (broad SMARTS) is 2. The van der Waals surface area contributed by atoms with Gasteiger partial charge in [0.15, 0.2) is 0 Å². The lowest BCUT2D eigenvalue weighted by atomic mass is 9.70. The fraction of sp³-hybridized carbons (Fsp3) is 0.647. The van der Waals surface area contributed by atoms with E-state index in [-0.39, 0.29) is 26.1 Å². The van der Waals surface area contributed by atoms with Crippen LogP contribution in [0.2, 0.25) is 0 Å². The molecule has 25 heavy (non-hydrogen) atoms. The lowest BCUT2D eigenvalue weighted by Gasteiger charge is -2.34. The summed E-state index contributed by atoms with van der Waals surface area (Å²) in [4.78, 5) is 46.9. The number of hydrogen-bond acceptors (Lipinski definition) is 6. The van der Waals surface area contributed by atoms with Gasteiger partial charge in [-0.25, -0.2) is 0 Å². The maximum Gasteiger partial charge on any atom is 0.311 e. The van der Waals surface area contributed by atoms with E-state index in [1.165, 1.54) is 6.08 Å². The first-order valence-corrected chi connectivity index (χ1v) is 8.19. The van der Waals surface area contributed by atoms with E-state index in [2.05, 4.69) is 0 Å². The van der Waals surface area contributed by atoms with Gasteiger partial charge >= 0.3 is 23.9 Å². The fourth-order valence-corrected chi connectivity index (χ4v) is 3.15. The maximum atomic E-state index is 12.3. The molecule has 0 aromatic heterocycles. The SMILES string of the molecule is CCOC(=O)CC(C(=O)OCC)C1CC(C(=O)O)C(C(=O)O)C=C1C. The number of aliphatic carboxylic acids is 2. The van der Waals surface area contributed by atoms with Crippen molar-refractivity contribution in [2.75, 3.05) is 13.2 Å². The number of esters is 2. The first kappa shape index (κ1) is 20.7. The minimum Gasteiger partial charge on any atom is -0.481 e. The number of carboxylic acids is 2. The summed E-state index contributed by atoms with van der Waals surface area (Å²) >= 11 is 0. The van der Waals surface area contributed by atoms with Gasteiger partial charge in [-0.3, -0.25) is 19.2 Å². The van der Waals surface area contributed by atoms with Crippen LogP contribution >= 0.6 is 0 Å². The van der Waals surface area contributed by atoms with Gasteiger partial charge in [0.2, 0.25) is 0 Å². The highest BCUT2D eigenvalue weighted by molar-refractivity contribution is 5.83. The molecule has 8 heteroatoms. The zero-order chi connectivity index (χ0) is 19.1. The maximum absolute atomic E-state index is 12.3. The van der Waals surface area contributed by atoms with Crippen LogP contribution < -0.4 is 0 Å². The zero-order valence-corrected chi connectivity index (χ0v) is 14.6. The Balaban J connectivity index is 3.16. The molecular weight excluding hydrogens is 332 g/mol. The smallest absolute Gasteiger partial charge is 0.311 e. The molecule has 0 spiro atoms. The van der Waals surface area contributed by atoms with Gasteiger partial charge in [-0.2, -0.15) is 0 Å². The van der Waals surface area contributed by atoms with Crippen LogP contribution in [0, 0.1) is 23.7 Å². The Hall–Kier alpha value is -2.38. The summed E-state index contributed by atoms with van der Waals surface area (Å²) in [6.45, 7) is 5.18. The molecule has 0 saturated heterocycles. The van der Waals surface area contributed by atoms with Crippen molar-refractivity contribution < 1.29 is 38.9 Å². The minimum atomic E-state index is -1.25. The van der Waals surface area contributed by atoms with E-state index in [0.717, 1.165) is 0 Å². The van der Waals surface area contributed by atoms with Crippen LogP contribution in [0.4, 0.5) is 0 Å². The molecule has 0 radical (unpaired) electrons. The second-order valence-electron chi connectivity index (χ2n) is 5.93. The number of allylic oxidation sites excluding steroid dienone is 1. The monoisotopic (exact) mass is 356 g/mol. The Bertz CT molecular complexity index is 565. The van der Waals surface area contributed by atoms with Crippen LogP contribution in [0.5, 0.6) is 0 Å². The molecule has 4 unspecified atom stereocenters.